The van der Waals surface area contributed by atoms with Crippen LogP contribution >= 0.6 is 0 Å². The first kappa shape index (κ1) is 8.52. The van der Waals surface area contributed by atoms with Crippen LogP contribution in [0.2, 0.25) is 0 Å². The first-order valence-corrected chi connectivity index (χ1v) is 3.46. The second-order valence-corrected chi connectivity index (χ2v) is 2.51. The summed E-state index contributed by atoms with van der Waals surface area (Å²) in [6.07, 6.45) is 1.19. The molecular formula is C8H9NO3. The molecule has 2 N–H and O–H groups in total. The molecule has 12 heavy (non-hydrogen) atoms. The Labute approximate surface area is 69.5 Å². The highest BCUT2D eigenvalue weighted by atomic mass is 16.4. The van der Waals surface area contributed by atoms with Crippen LogP contribution in [0.5, 0.6) is 5.75 Å². The van der Waals surface area contributed by atoms with Crippen molar-refractivity contribution in [2.75, 3.05) is 0 Å². The van der Waals surface area contributed by atoms with Gasteiger partial charge in [-0.2, -0.15) is 0 Å². The molecule has 0 radical (unpaired) electrons. The molecule has 0 aromatic carbocycles. The number of carboxylic acids is 1. The minimum atomic E-state index is -0.925. The lowest BCUT2D eigenvalue weighted by atomic mass is 10.1. The summed E-state index contributed by atoms with van der Waals surface area (Å²) in [4.78, 5) is 14.1. The summed E-state index contributed by atoms with van der Waals surface area (Å²) in [6, 6.07) is 1.41. The third-order valence-electron chi connectivity index (χ3n) is 1.52. The molecule has 0 saturated carbocycles. The minimum Gasteiger partial charge on any atom is -0.506 e. The molecule has 0 unspecified atom stereocenters. The van der Waals surface area contributed by atoms with Crippen LogP contribution in [0.4, 0.5) is 0 Å². The van der Waals surface area contributed by atoms with Crippen molar-refractivity contribution in [1.82, 2.24) is 4.98 Å². The number of hydrogen-bond donors (Lipinski definition) is 2. The maximum Gasteiger partial charge on any atom is 0.307 e. The lowest BCUT2D eigenvalue weighted by Gasteiger charge is -2.01. The maximum absolute atomic E-state index is 10.3. The lowest BCUT2D eigenvalue weighted by molar-refractivity contribution is -0.136. The zero-order chi connectivity index (χ0) is 9.14. The Hall–Kier alpha value is -1.58. The van der Waals surface area contributed by atoms with Crippen LogP contribution in [0.25, 0.3) is 0 Å². The predicted octanol–water partition coefficient (Wildman–Crippen LogP) is 0.723. The molecule has 0 aliphatic carbocycles. The number of aromatic nitrogens is 1. The van der Waals surface area contributed by atoms with Crippen molar-refractivity contribution in [3.05, 3.63) is 23.5 Å². The van der Waals surface area contributed by atoms with E-state index in [1.165, 1.54) is 12.3 Å². The van der Waals surface area contributed by atoms with Crippen LogP contribution in [0.3, 0.4) is 0 Å². The first-order chi connectivity index (χ1) is 5.59. The Bertz CT molecular complexity index is 309. The van der Waals surface area contributed by atoms with Gasteiger partial charge in [0.25, 0.3) is 0 Å². The van der Waals surface area contributed by atoms with Gasteiger partial charge in [-0.3, -0.25) is 9.78 Å². The van der Waals surface area contributed by atoms with Crippen molar-refractivity contribution >= 4 is 5.97 Å². The molecule has 0 aliphatic heterocycles. The molecule has 0 bridgehead atoms. The van der Waals surface area contributed by atoms with Gasteiger partial charge in [-0.25, -0.2) is 0 Å². The molecule has 1 rings (SSSR count). The zero-order valence-corrected chi connectivity index (χ0v) is 6.61. The van der Waals surface area contributed by atoms with Gasteiger partial charge < -0.3 is 10.2 Å². The summed E-state index contributed by atoms with van der Waals surface area (Å²) in [5, 5.41) is 17.5. The van der Waals surface area contributed by atoms with Gasteiger partial charge in [0, 0.05) is 5.69 Å². The molecule has 1 aromatic rings. The lowest BCUT2D eigenvalue weighted by Crippen LogP contribution is -2.02. The number of hydrogen-bond acceptors (Lipinski definition) is 3. The van der Waals surface area contributed by atoms with Crippen LogP contribution in [0.1, 0.15) is 11.3 Å². The number of nitrogens with zero attached hydrogens (tertiary/aromatic N) is 1. The smallest absolute Gasteiger partial charge is 0.307 e. The van der Waals surface area contributed by atoms with Crippen molar-refractivity contribution in [3.63, 3.8) is 0 Å². The molecule has 0 amide bonds. The van der Waals surface area contributed by atoms with E-state index in [1.54, 1.807) is 6.92 Å². The average molecular weight is 167 g/mol. The van der Waals surface area contributed by atoms with Crippen LogP contribution < -0.4 is 0 Å². The van der Waals surface area contributed by atoms with Crippen molar-refractivity contribution in [2.24, 2.45) is 0 Å². The minimum absolute atomic E-state index is 0.00292. The molecule has 1 aromatic heterocycles. The van der Waals surface area contributed by atoms with E-state index in [1.807, 2.05) is 0 Å². The van der Waals surface area contributed by atoms with E-state index in [2.05, 4.69) is 4.98 Å². The number of carbonyl (C=O) groups is 1. The van der Waals surface area contributed by atoms with Gasteiger partial charge in [0.2, 0.25) is 0 Å². The van der Waals surface area contributed by atoms with Crippen molar-refractivity contribution in [1.29, 1.82) is 0 Å². The molecule has 0 saturated heterocycles. The second-order valence-electron chi connectivity index (χ2n) is 2.51. The van der Waals surface area contributed by atoms with E-state index in [0.717, 1.165) is 0 Å². The van der Waals surface area contributed by atoms with Gasteiger partial charge >= 0.3 is 5.97 Å². The fourth-order valence-corrected chi connectivity index (χ4v) is 0.908. The Kier molecular flexibility index (Phi) is 2.28. The molecule has 0 atom stereocenters. The van der Waals surface area contributed by atoms with Crippen molar-refractivity contribution < 1.29 is 15.0 Å². The second kappa shape index (κ2) is 3.21. The van der Waals surface area contributed by atoms with Crippen LogP contribution in [0, 0.1) is 6.92 Å². The Morgan fingerprint density at radius 3 is 2.92 bits per heavy atom. The number of rotatable bonds is 2. The van der Waals surface area contributed by atoms with Crippen LogP contribution in [0.15, 0.2) is 12.3 Å². The van der Waals surface area contributed by atoms with Gasteiger partial charge in [-0.05, 0) is 18.6 Å². The Morgan fingerprint density at radius 2 is 2.33 bits per heavy atom. The van der Waals surface area contributed by atoms with E-state index < -0.39 is 5.97 Å². The van der Waals surface area contributed by atoms with Gasteiger partial charge in [0.15, 0.2) is 0 Å². The average Bonchev–Trinajstić information content (AvgIpc) is 1.96. The zero-order valence-electron chi connectivity index (χ0n) is 6.61. The molecule has 4 nitrogen and oxygen atoms in total. The van der Waals surface area contributed by atoms with Crippen molar-refractivity contribution in [3.8, 4) is 5.75 Å². The van der Waals surface area contributed by atoms with Crippen molar-refractivity contribution in [2.45, 2.75) is 13.3 Å². The van der Waals surface area contributed by atoms with Gasteiger partial charge in [0.1, 0.15) is 5.75 Å². The van der Waals surface area contributed by atoms with E-state index in [4.69, 9.17) is 10.2 Å². The molecular weight excluding hydrogens is 158 g/mol. The molecule has 1 heterocycles. The summed E-state index contributed by atoms with van der Waals surface area (Å²) in [7, 11) is 0. The van der Waals surface area contributed by atoms with Gasteiger partial charge in [-0.1, -0.05) is 0 Å². The Morgan fingerprint density at radius 1 is 1.67 bits per heavy atom. The monoisotopic (exact) mass is 167 g/mol. The molecule has 0 aliphatic rings. The maximum atomic E-state index is 10.3. The summed E-state index contributed by atoms with van der Waals surface area (Å²) in [5.74, 6) is -0.928. The Balaban J connectivity index is 2.97. The summed E-state index contributed by atoms with van der Waals surface area (Å²) >= 11 is 0. The number of aryl methyl sites for hydroxylation is 1. The molecule has 4 heteroatoms. The highest BCUT2D eigenvalue weighted by molar-refractivity contribution is 5.70. The van der Waals surface area contributed by atoms with Gasteiger partial charge in [-0.15, -0.1) is 0 Å². The molecule has 64 valence electrons. The number of carboxylic acid groups (broad SMARTS) is 1. The van der Waals surface area contributed by atoms with E-state index in [-0.39, 0.29) is 12.2 Å². The largest absolute Gasteiger partial charge is 0.506 e. The number of aliphatic carboxylic acids is 1. The van der Waals surface area contributed by atoms with E-state index in [9.17, 15) is 4.79 Å². The highest BCUT2D eigenvalue weighted by Gasteiger charge is 2.05. The summed E-state index contributed by atoms with van der Waals surface area (Å²) in [6.45, 7) is 1.71. The number of pyridine rings is 1. The normalized spacial score (nSPS) is 9.75. The predicted molar refractivity (Wildman–Crippen MR) is 42.0 cm³/mol. The standard InChI is InChI=1S/C8H9NO3/c1-5-6(3-8(11)12)2-7(10)4-9-5/h2,4,10H,3H2,1H3,(H,11,12). The summed E-state index contributed by atoms with van der Waals surface area (Å²) in [5.41, 5.74) is 1.18. The fourth-order valence-electron chi connectivity index (χ4n) is 0.908. The molecule has 0 spiro atoms. The third kappa shape index (κ3) is 1.95. The highest BCUT2D eigenvalue weighted by Crippen LogP contribution is 2.13. The first-order valence-electron chi connectivity index (χ1n) is 3.46. The number of aromatic hydroxyl groups is 1. The van der Waals surface area contributed by atoms with Crippen LogP contribution in [-0.2, 0) is 11.2 Å². The molecule has 0 fully saturated rings. The third-order valence-corrected chi connectivity index (χ3v) is 1.52. The van der Waals surface area contributed by atoms with Gasteiger partial charge in [0.05, 0.1) is 12.6 Å². The fraction of sp³-hybridized carbons (Fsp3) is 0.250. The van der Waals surface area contributed by atoms with E-state index >= 15 is 0 Å². The van der Waals surface area contributed by atoms with E-state index in [0.29, 0.717) is 11.3 Å². The quantitative estimate of drug-likeness (QED) is 0.681. The van der Waals surface area contributed by atoms with Crippen LogP contribution in [-0.4, -0.2) is 21.2 Å². The SMILES string of the molecule is Cc1ncc(O)cc1CC(=O)O. The topological polar surface area (TPSA) is 70.4 Å². The summed E-state index contributed by atoms with van der Waals surface area (Å²) < 4.78 is 0.